The number of hydrogen-bond acceptors (Lipinski definition) is 4. The predicted molar refractivity (Wildman–Crippen MR) is 80.1 cm³/mol. The van der Waals surface area contributed by atoms with Crippen molar-refractivity contribution in [3.05, 3.63) is 18.1 Å². The van der Waals surface area contributed by atoms with Crippen molar-refractivity contribution < 1.29 is 4.74 Å². The Bertz CT molecular complexity index is 453. The molecule has 1 atom stereocenters. The van der Waals surface area contributed by atoms with Crippen molar-refractivity contribution in [2.45, 2.75) is 56.9 Å². The Labute approximate surface area is 121 Å². The van der Waals surface area contributed by atoms with Gasteiger partial charge in [-0.15, -0.1) is 0 Å². The van der Waals surface area contributed by atoms with Crippen molar-refractivity contribution in [3.63, 3.8) is 0 Å². The van der Waals surface area contributed by atoms with E-state index in [0.717, 1.165) is 24.8 Å². The van der Waals surface area contributed by atoms with Crippen LogP contribution in [0.25, 0.3) is 0 Å². The van der Waals surface area contributed by atoms with Gasteiger partial charge in [0.05, 0.1) is 12.1 Å². The first-order valence-corrected chi connectivity index (χ1v) is 7.88. The quantitative estimate of drug-likeness (QED) is 0.799. The van der Waals surface area contributed by atoms with E-state index in [2.05, 4.69) is 22.9 Å². The van der Waals surface area contributed by atoms with E-state index < -0.39 is 0 Å². The molecule has 0 spiro atoms. The predicted octanol–water partition coefficient (Wildman–Crippen LogP) is 3.14. The first kappa shape index (κ1) is 13.8. The van der Waals surface area contributed by atoms with Crippen LogP contribution in [0.1, 0.15) is 57.2 Å². The molecule has 1 aromatic rings. The van der Waals surface area contributed by atoms with E-state index in [1.54, 1.807) is 0 Å². The summed E-state index contributed by atoms with van der Waals surface area (Å²) < 4.78 is 5.54. The van der Waals surface area contributed by atoms with E-state index in [9.17, 15) is 0 Å². The number of nitrogens with zero attached hydrogens (tertiary/aromatic N) is 3. The van der Waals surface area contributed by atoms with Crippen LogP contribution in [0.15, 0.2) is 12.3 Å². The lowest BCUT2D eigenvalue weighted by Gasteiger charge is -2.39. The van der Waals surface area contributed by atoms with Gasteiger partial charge in [-0.2, -0.15) is 0 Å². The maximum Gasteiger partial charge on any atom is 0.133 e. The largest absolute Gasteiger partial charge is 0.382 e. The molecule has 0 amide bonds. The van der Waals surface area contributed by atoms with E-state index in [1.165, 1.54) is 38.5 Å². The van der Waals surface area contributed by atoms with Gasteiger partial charge in [0.15, 0.2) is 0 Å². The molecule has 1 saturated heterocycles. The highest BCUT2D eigenvalue weighted by Crippen LogP contribution is 2.40. The first-order valence-electron chi connectivity index (χ1n) is 7.88. The third-order valence-corrected chi connectivity index (χ3v) is 4.60. The second-order valence-corrected chi connectivity index (χ2v) is 6.21. The molecule has 1 aliphatic heterocycles. The first-order chi connectivity index (χ1) is 9.79. The van der Waals surface area contributed by atoms with E-state index in [4.69, 9.17) is 9.72 Å². The second kappa shape index (κ2) is 5.68. The molecule has 4 nitrogen and oxygen atoms in total. The molecule has 0 N–H and O–H groups in total. The Morgan fingerprint density at radius 2 is 2.30 bits per heavy atom. The molecular weight excluding hydrogens is 250 g/mol. The van der Waals surface area contributed by atoms with Crippen molar-refractivity contribution in [2.24, 2.45) is 0 Å². The molecule has 2 fully saturated rings. The van der Waals surface area contributed by atoms with E-state index in [1.807, 2.05) is 13.3 Å². The monoisotopic (exact) mass is 275 g/mol. The van der Waals surface area contributed by atoms with Crippen LogP contribution in [0.4, 0.5) is 5.82 Å². The Morgan fingerprint density at radius 1 is 1.45 bits per heavy atom. The molecule has 1 aliphatic carbocycles. The van der Waals surface area contributed by atoms with Crippen LogP contribution >= 0.6 is 0 Å². The van der Waals surface area contributed by atoms with Crippen LogP contribution in [0, 0.1) is 0 Å². The topological polar surface area (TPSA) is 38.2 Å². The van der Waals surface area contributed by atoms with Gasteiger partial charge >= 0.3 is 0 Å². The molecule has 1 saturated carbocycles. The third kappa shape index (κ3) is 2.53. The molecule has 4 heteroatoms. The summed E-state index contributed by atoms with van der Waals surface area (Å²) in [6.45, 7) is 4.14. The molecule has 3 rings (SSSR count). The van der Waals surface area contributed by atoms with Crippen molar-refractivity contribution in [1.29, 1.82) is 0 Å². The zero-order valence-electron chi connectivity index (χ0n) is 12.6. The van der Waals surface area contributed by atoms with Crippen LogP contribution < -0.4 is 4.90 Å². The minimum absolute atomic E-state index is 0.138. The minimum atomic E-state index is 0.138. The average molecular weight is 275 g/mol. The molecule has 0 radical (unpaired) electrons. The molecule has 110 valence electrons. The fourth-order valence-electron chi connectivity index (χ4n) is 3.56. The summed E-state index contributed by atoms with van der Waals surface area (Å²) >= 11 is 0. The Hall–Kier alpha value is -1.16. The minimum Gasteiger partial charge on any atom is -0.382 e. The summed E-state index contributed by atoms with van der Waals surface area (Å²) in [7, 11) is 1.81. The van der Waals surface area contributed by atoms with E-state index in [0.29, 0.717) is 5.92 Å². The van der Waals surface area contributed by atoms with Crippen LogP contribution in [0.3, 0.4) is 0 Å². The lowest BCUT2D eigenvalue weighted by atomic mass is 9.91. The number of ether oxygens (including phenoxy) is 1. The summed E-state index contributed by atoms with van der Waals surface area (Å²) in [5.74, 6) is 2.75. The van der Waals surface area contributed by atoms with Gasteiger partial charge in [-0.3, -0.25) is 0 Å². The second-order valence-electron chi connectivity index (χ2n) is 6.21. The van der Waals surface area contributed by atoms with Gasteiger partial charge in [0.2, 0.25) is 0 Å². The highest BCUT2D eigenvalue weighted by atomic mass is 16.5. The number of hydrogen-bond donors (Lipinski definition) is 0. The summed E-state index contributed by atoms with van der Waals surface area (Å²) in [5.41, 5.74) is 0.138. The van der Waals surface area contributed by atoms with Gasteiger partial charge < -0.3 is 9.64 Å². The summed E-state index contributed by atoms with van der Waals surface area (Å²) in [4.78, 5) is 11.8. The van der Waals surface area contributed by atoms with Gasteiger partial charge in [-0.05, 0) is 38.2 Å². The Kier molecular flexibility index (Phi) is 3.92. The van der Waals surface area contributed by atoms with Crippen molar-refractivity contribution in [3.8, 4) is 0 Å². The van der Waals surface area contributed by atoms with E-state index >= 15 is 0 Å². The van der Waals surface area contributed by atoms with Gasteiger partial charge in [-0.25, -0.2) is 9.97 Å². The molecule has 2 aliphatic rings. The highest BCUT2D eigenvalue weighted by molar-refractivity contribution is 5.44. The summed E-state index contributed by atoms with van der Waals surface area (Å²) in [6, 6.07) is 2.07. The van der Waals surface area contributed by atoms with Crippen LogP contribution in [-0.2, 0) is 4.74 Å². The van der Waals surface area contributed by atoms with Crippen LogP contribution in [0.5, 0.6) is 0 Å². The van der Waals surface area contributed by atoms with Gasteiger partial charge in [-0.1, -0.05) is 13.3 Å². The maximum absolute atomic E-state index is 5.54. The molecule has 1 aromatic heterocycles. The fourth-order valence-corrected chi connectivity index (χ4v) is 3.56. The zero-order chi connectivity index (χ0) is 14.0. The highest BCUT2D eigenvalue weighted by Gasteiger charge is 2.41. The van der Waals surface area contributed by atoms with Crippen LogP contribution in [-0.4, -0.2) is 35.8 Å². The molecule has 1 unspecified atom stereocenters. The van der Waals surface area contributed by atoms with Gasteiger partial charge in [0, 0.05) is 25.8 Å². The number of aromatic nitrogens is 2. The fraction of sp³-hybridized carbons (Fsp3) is 0.750. The van der Waals surface area contributed by atoms with Gasteiger partial charge in [0.25, 0.3) is 0 Å². The number of methoxy groups -OCH3 is 1. The lowest BCUT2D eigenvalue weighted by Crippen LogP contribution is -2.48. The zero-order valence-corrected chi connectivity index (χ0v) is 12.6. The molecular formula is C16H25N3O. The summed E-state index contributed by atoms with van der Waals surface area (Å²) in [5, 5.41) is 0. The number of anilines is 1. The van der Waals surface area contributed by atoms with Gasteiger partial charge in [0.1, 0.15) is 11.6 Å². The normalized spacial score (nSPS) is 26.2. The third-order valence-electron chi connectivity index (χ3n) is 4.60. The van der Waals surface area contributed by atoms with Crippen molar-refractivity contribution in [1.82, 2.24) is 9.97 Å². The van der Waals surface area contributed by atoms with Crippen LogP contribution in [0.2, 0.25) is 0 Å². The standard InChI is InChI=1S/C16H25N3O/c1-3-8-16(12-20-2)9-4-11-19(16)14-7-10-17-15(18-14)13-5-6-13/h7,10,13H,3-6,8-9,11-12H2,1-2H3. The van der Waals surface area contributed by atoms with Crippen molar-refractivity contribution >= 4 is 5.82 Å². The smallest absolute Gasteiger partial charge is 0.133 e. The molecule has 0 aromatic carbocycles. The molecule has 2 heterocycles. The Balaban J connectivity index is 1.88. The average Bonchev–Trinajstić information content (AvgIpc) is 3.23. The van der Waals surface area contributed by atoms with E-state index in [-0.39, 0.29) is 5.54 Å². The SMILES string of the molecule is CCCC1(COC)CCCN1c1ccnc(C2CC2)n1. The van der Waals surface area contributed by atoms with Crippen molar-refractivity contribution in [2.75, 3.05) is 25.2 Å². The lowest BCUT2D eigenvalue weighted by molar-refractivity contribution is 0.127. The Morgan fingerprint density at radius 3 is 3.00 bits per heavy atom. The molecule has 20 heavy (non-hydrogen) atoms. The number of rotatable bonds is 6. The molecule has 0 bridgehead atoms. The maximum atomic E-state index is 5.54. The summed E-state index contributed by atoms with van der Waals surface area (Å²) in [6.07, 6.45) is 9.22.